The van der Waals surface area contributed by atoms with E-state index < -0.39 is 0 Å². The summed E-state index contributed by atoms with van der Waals surface area (Å²) in [5, 5.41) is 4.18. The molecule has 1 N–H and O–H groups in total. The van der Waals surface area contributed by atoms with Crippen molar-refractivity contribution >= 4 is 17.3 Å². The summed E-state index contributed by atoms with van der Waals surface area (Å²) in [6.45, 7) is 8.85. The topological polar surface area (TPSA) is 15.3 Å². The zero-order chi connectivity index (χ0) is 11.8. The summed E-state index contributed by atoms with van der Waals surface area (Å²) in [7, 11) is 0. The molecule has 90 valence electrons. The lowest BCUT2D eigenvalue weighted by Crippen LogP contribution is -2.25. The third kappa shape index (κ3) is 4.86. The van der Waals surface area contributed by atoms with Gasteiger partial charge < -0.3 is 10.2 Å². The number of rotatable bonds is 7. The number of benzene rings is 1. The Kier molecular flexibility index (Phi) is 6.27. The standard InChI is InChI=1S/C13H21ClN2/c1-3-16(4-2)11-5-10-15-13-8-6-12(14)7-9-13/h6-9,15H,3-5,10-11H2,1-2H3. The van der Waals surface area contributed by atoms with E-state index in [4.69, 9.17) is 11.6 Å². The van der Waals surface area contributed by atoms with E-state index >= 15 is 0 Å². The normalized spacial score (nSPS) is 10.8. The van der Waals surface area contributed by atoms with Crippen LogP contribution in [0.15, 0.2) is 24.3 Å². The lowest BCUT2D eigenvalue weighted by Gasteiger charge is -2.17. The Morgan fingerprint density at radius 3 is 2.31 bits per heavy atom. The molecule has 0 saturated heterocycles. The maximum Gasteiger partial charge on any atom is 0.0407 e. The second-order valence-electron chi connectivity index (χ2n) is 3.81. The zero-order valence-electron chi connectivity index (χ0n) is 10.2. The van der Waals surface area contributed by atoms with Gasteiger partial charge in [0.15, 0.2) is 0 Å². The van der Waals surface area contributed by atoms with Crippen LogP contribution in [-0.4, -0.2) is 31.1 Å². The van der Waals surface area contributed by atoms with E-state index in [1.807, 2.05) is 24.3 Å². The van der Waals surface area contributed by atoms with Gasteiger partial charge in [-0.3, -0.25) is 0 Å². The average Bonchev–Trinajstić information content (AvgIpc) is 2.32. The summed E-state index contributed by atoms with van der Waals surface area (Å²) in [6, 6.07) is 7.85. The van der Waals surface area contributed by atoms with Crippen molar-refractivity contribution in [2.75, 3.05) is 31.5 Å². The second-order valence-corrected chi connectivity index (χ2v) is 4.25. The van der Waals surface area contributed by atoms with E-state index in [1.165, 1.54) is 6.42 Å². The molecule has 0 saturated carbocycles. The van der Waals surface area contributed by atoms with Crippen molar-refractivity contribution in [3.63, 3.8) is 0 Å². The van der Waals surface area contributed by atoms with Gasteiger partial charge in [0, 0.05) is 17.3 Å². The molecule has 0 bridgehead atoms. The van der Waals surface area contributed by atoms with Crippen molar-refractivity contribution in [1.82, 2.24) is 4.90 Å². The molecule has 16 heavy (non-hydrogen) atoms. The summed E-state index contributed by atoms with van der Waals surface area (Å²) >= 11 is 5.82. The van der Waals surface area contributed by atoms with Gasteiger partial charge in [-0.05, 0) is 50.3 Å². The van der Waals surface area contributed by atoms with Gasteiger partial charge in [0.05, 0.1) is 0 Å². The smallest absolute Gasteiger partial charge is 0.0407 e. The molecule has 2 nitrogen and oxygen atoms in total. The molecule has 0 aromatic heterocycles. The van der Waals surface area contributed by atoms with Crippen LogP contribution in [-0.2, 0) is 0 Å². The Labute approximate surface area is 104 Å². The highest BCUT2D eigenvalue weighted by molar-refractivity contribution is 6.30. The number of hydrogen-bond donors (Lipinski definition) is 1. The maximum absolute atomic E-state index is 5.82. The summed E-state index contributed by atoms with van der Waals surface area (Å²) in [6.07, 6.45) is 1.17. The summed E-state index contributed by atoms with van der Waals surface area (Å²) in [5.74, 6) is 0. The van der Waals surface area contributed by atoms with Crippen LogP contribution in [0.4, 0.5) is 5.69 Å². The van der Waals surface area contributed by atoms with Crippen molar-refractivity contribution in [2.24, 2.45) is 0 Å². The molecule has 0 aliphatic carbocycles. The van der Waals surface area contributed by atoms with Gasteiger partial charge >= 0.3 is 0 Å². The minimum Gasteiger partial charge on any atom is -0.385 e. The molecule has 0 atom stereocenters. The fourth-order valence-corrected chi connectivity index (χ4v) is 1.77. The van der Waals surface area contributed by atoms with Crippen LogP contribution in [0.5, 0.6) is 0 Å². The van der Waals surface area contributed by atoms with E-state index in [1.54, 1.807) is 0 Å². The van der Waals surface area contributed by atoms with Crippen LogP contribution < -0.4 is 5.32 Å². The predicted octanol–water partition coefficient (Wildman–Crippen LogP) is 3.48. The van der Waals surface area contributed by atoms with Crippen LogP contribution in [0.3, 0.4) is 0 Å². The van der Waals surface area contributed by atoms with Crippen LogP contribution in [0.2, 0.25) is 5.02 Å². The van der Waals surface area contributed by atoms with E-state index in [2.05, 4.69) is 24.1 Å². The van der Waals surface area contributed by atoms with Gasteiger partial charge in [0.25, 0.3) is 0 Å². The minimum absolute atomic E-state index is 0.786. The largest absolute Gasteiger partial charge is 0.385 e. The number of anilines is 1. The first-order valence-corrected chi connectivity index (χ1v) is 6.35. The van der Waals surface area contributed by atoms with Gasteiger partial charge in [-0.15, -0.1) is 0 Å². The van der Waals surface area contributed by atoms with E-state index in [0.29, 0.717) is 0 Å². The monoisotopic (exact) mass is 240 g/mol. The Bertz CT molecular complexity index is 280. The Morgan fingerprint density at radius 2 is 1.75 bits per heavy atom. The van der Waals surface area contributed by atoms with Crippen molar-refractivity contribution in [3.05, 3.63) is 29.3 Å². The van der Waals surface area contributed by atoms with Crippen molar-refractivity contribution in [3.8, 4) is 0 Å². The summed E-state index contributed by atoms with van der Waals surface area (Å²) in [4.78, 5) is 2.43. The van der Waals surface area contributed by atoms with Gasteiger partial charge in [-0.2, -0.15) is 0 Å². The van der Waals surface area contributed by atoms with Crippen LogP contribution in [0, 0.1) is 0 Å². The first-order chi connectivity index (χ1) is 7.76. The molecular weight excluding hydrogens is 220 g/mol. The highest BCUT2D eigenvalue weighted by atomic mass is 35.5. The number of hydrogen-bond acceptors (Lipinski definition) is 2. The molecule has 1 rings (SSSR count). The van der Waals surface area contributed by atoms with Crippen molar-refractivity contribution in [1.29, 1.82) is 0 Å². The molecular formula is C13H21ClN2. The van der Waals surface area contributed by atoms with Gasteiger partial charge in [0.1, 0.15) is 0 Å². The predicted molar refractivity (Wildman–Crippen MR) is 72.3 cm³/mol. The molecule has 0 amide bonds. The fraction of sp³-hybridized carbons (Fsp3) is 0.538. The molecule has 3 heteroatoms. The van der Waals surface area contributed by atoms with Gasteiger partial charge in [-0.25, -0.2) is 0 Å². The molecule has 0 radical (unpaired) electrons. The molecule has 1 aromatic rings. The van der Waals surface area contributed by atoms with Crippen LogP contribution >= 0.6 is 11.6 Å². The highest BCUT2D eigenvalue weighted by Gasteiger charge is 1.98. The molecule has 0 spiro atoms. The number of nitrogens with one attached hydrogen (secondary N) is 1. The molecule has 0 fully saturated rings. The van der Waals surface area contributed by atoms with E-state index in [9.17, 15) is 0 Å². The maximum atomic E-state index is 5.82. The second kappa shape index (κ2) is 7.53. The Balaban J connectivity index is 2.18. The number of halogens is 1. The first-order valence-electron chi connectivity index (χ1n) is 5.98. The van der Waals surface area contributed by atoms with Gasteiger partial charge in [0.2, 0.25) is 0 Å². The van der Waals surface area contributed by atoms with Crippen molar-refractivity contribution < 1.29 is 0 Å². The summed E-state index contributed by atoms with van der Waals surface area (Å²) < 4.78 is 0. The molecule has 1 aromatic carbocycles. The Hall–Kier alpha value is -0.730. The zero-order valence-corrected chi connectivity index (χ0v) is 10.9. The third-order valence-corrected chi connectivity index (χ3v) is 2.97. The van der Waals surface area contributed by atoms with Crippen LogP contribution in [0.25, 0.3) is 0 Å². The quantitative estimate of drug-likeness (QED) is 0.734. The lowest BCUT2D eigenvalue weighted by molar-refractivity contribution is 0.303. The van der Waals surface area contributed by atoms with E-state index in [0.717, 1.165) is 36.9 Å². The highest BCUT2D eigenvalue weighted by Crippen LogP contribution is 2.13. The SMILES string of the molecule is CCN(CC)CCCNc1ccc(Cl)cc1. The molecule has 0 aliphatic rings. The lowest BCUT2D eigenvalue weighted by atomic mass is 10.3. The minimum atomic E-state index is 0.786. The molecule has 0 aliphatic heterocycles. The van der Waals surface area contributed by atoms with Crippen LogP contribution in [0.1, 0.15) is 20.3 Å². The number of nitrogens with zero attached hydrogens (tertiary/aromatic N) is 1. The fourth-order valence-electron chi connectivity index (χ4n) is 1.64. The Morgan fingerprint density at radius 1 is 1.12 bits per heavy atom. The molecule has 0 unspecified atom stereocenters. The average molecular weight is 241 g/mol. The van der Waals surface area contributed by atoms with Crippen molar-refractivity contribution in [2.45, 2.75) is 20.3 Å². The van der Waals surface area contributed by atoms with E-state index in [-0.39, 0.29) is 0 Å². The van der Waals surface area contributed by atoms with Gasteiger partial charge in [-0.1, -0.05) is 25.4 Å². The molecule has 0 heterocycles. The summed E-state index contributed by atoms with van der Waals surface area (Å²) in [5.41, 5.74) is 1.14. The first kappa shape index (κ1) is 13.3. The third-order valence-electron chi connectivity index (χ3n) is 2.72.